The highest BCUT2D eigenvalue weighted by Crippen LogP contribution is 2.58. The van der Waals surface area contributed by atoms with Crippen LogP contribution in [-0.4, -0.2) is 5.78 Å². The fourth-order valence-corrected chi connectivity index (χ4v) is 4.01. The average Bonchev–Trinajstić information content (AvgIpc) is 2.57. The lowest BCUT2D eigenvalue weighted by atomic mass is 9.58. The molecule has 3 aliphatic carbocycles. The zero-order valence-corrected chi connectivity index (χ0v) is 8.88. The van der Waals surface area contributed by atoms with Crippen LogP contribution in [-0.2, 0) is 4.79 Å². The minimum Gasteiger partial charge on any atom is -0.299 e. The van der Waals surface area contributed by atoms with Gasteiger partial charge in [0, 0.05) is 12.3 Å². The highest BCUT2D eigenvalue weighted by Gasteiger charge is 2.51. The molecule has 0 aromatic heterocycles. The Morgan fingerprint density at radius 1 is 1.50 bits per heavy atom. The second-order valence-corrected chi connectivity index (χ2v) is 5.53. The molecule has 2 bridgehead atoms. The first-order valence-electron chi connectivity index (χ1n) is 5.91. The van der Waals surface area contributed by atoms with Crippen molar-refractivity contribution in [2.45, 2.75) is 45.4 Å². The van der Waals surface area contributed by atoms with Gasteiger partial charge in [-0.3, -0.25) is 4.79 Å². The molecule has 0 radical (unpaired) electrons. The van der Waals surface area contributed by atoms with Crippen LogP contribution in [0.1, 0.15) is 45.4 Å². The monoisotopic (exact) mass is 190 g/mol. The van der Waals surface area contributed by atoms with Crippen molar-refractivity contribution in [2.24, 2.45) is 17.3 Å². The molecular weight excluding hydrogens is 172 g/mol. The summed E-state index contributed by atoms with van der Waals surface area (Å²) >= 11 is 0. The van der Waals surface area contributed by atoms with Gasteiger partial charge in [0.25, 0.3) is 0 Å². The summed E-state index contributed by atoms with van der Waals surface area (Å²) < 4.78 is 0. The first kappa shape index (κ1) is 8.70. The highest BCUT2D eigenvalue weighted by molar-refractivity contribution is 5.84. The molecule has 0 aromatic rings. The predicted octanol–water partition coefficient (Wildman–Crippen LogP) is 3.10. The maximum absolute atomic E-state index is 12.0. The van der Waals surface area contributed by atoms with Crippen LogP contribution in [0.2, 0.25) is 0 Å². The predicted molar refractivity (Wildman–Crippen MR) is 55.9 cm³/mol. The normalized spacial score (nSPS) is 46.1. The lowest BCUT2D eigenvalue weighted by Gasteiger charge is -2.45. The van der Waals surface area contributed by atoms with E-state index in [4.69, 9.17) is 0 Å². The molecule has 2 saturated carbocycles. The van der Waals surface area contributed by atoms with Crippen molar-refractivity contribution >= 4 is 5.78 Å². The molecule has 14 heavy (non-hydrogen) atoms. The molecule has 0 N–H and O–H groups in total. The molecule has 0 heterocycles. The van der Waals surface area contributed by atoms with Crippen LogP contribution in [0.25, 0.3) is 0 Å². The molecule has 1 spiro atoms. The zero-order chi connectivity index (χ0) is 9.76. The average molecular weight is 190 g/mol. The summed E-state index contributed by atoms with van der Waals surface area (Å²) in [7, 11) is 0. The van der Waals surface area contributed by atoms with Gasteiger partial charge in [-0.15, -0.1) is 0 Å². The number of carbonyl (C=O) groups is 1. The number of ketones is 1. The number of Topliss-reactive ketones (excluding diaryl/α,β-unsaturated/α-hetero) is 1. The first-order valence-corrected chi connectivity index (χ1v) is 5.91. The third kappa shape index (κ3) is 0.986. The van der Waals surface area contributed by atoms with Crippen LogP contribution in [0.15, 0.2) is 11.6 Å². The summed E-state index contributed by atoms with van der Waals surface area (Å²) in [4.78, 5) is 12.0. The summed E-state index contributed by atoms with van der Waals surface area (Å²) in [5.41, 5.74) is 1.90. The van der Waals surface area contributed by atoms with Crippen molar-refractivity contribution in [3.05, 3.63) is 11.6 Å². The third-order valence-corrected chi connectivity index (χ3v) is 4.87. The van der Waals surface area contributed by atoms with Crippen LogP contribution in [0.5, 0.6) is 0 Å². The van der Waals surface area contributed by atoms with E-state index in [9.17, 15) is 4.79 Å². The van der Waals surface area contributed by atoms with Gasteiger partial charge in [0.15, 0.2) is 0 Å². The molecule has 3 atom stereocenters. The van der Waals surface area contributed by atoms with Gasteiger partial charge in [-0.1, -0.05) is 18.1 Å². The first-order chi connectivity index (χ1) is 6.71. The van der Waals surface area contributed by atoms with Crippen molar-refractivity contribution in [3.63, 3.8) is 0 Å². The van der Waals surface area contributed by atoms with E-state index < -0.39 is 0 Å². The molecule has 3 aliphatic rings. The zero-order valence-electron chi connectivity index (χ0n) is 8.88. The molecule has 0 amide bonds. The number of carbonyl (C=O) groups excluding carboxylic acids is 1. The molecule has 76 valence electrons. The number of allylic oxidation sites excluding steroid dienone is 2. The van der Waals surface area contributed by atoms with Crippen LogP contribution in [0.4, 0.5) is 0 Å². The molecular formula is C13H18O. The fourth-order valence-electron chi connectivity index (χ4n) is 4.01. The molecule has 1 nitrogen and oxygen atoms in total. The summed E-state index contributed by atoms with van der Waals surface area (Å²) in [5, 5.41) is 0. The molecule has 2 fully saturated rings. The lowest BCUT2D eigenvalue weighted by molar-refractivity contribution is -0.131. The Morgan fingerprint density at radius 2 is 2.36 bits per heavy atom. The fraction of sp³-hybridized carbons (Fsp3) is 0.769. The Labute approximate surface area is 85.6 Å². The highest BCUT2D eigenvalue weighted by atomic mass is 16.1. The molecule has 3 unspecified atom stereocenters. The lowest BCUT2D eigenvalue weighted by Crippen LogP contribution is -2.41. The Morgan fingerprint density at radius 3 is 3.21 bits per heavy atom. The standard InChI is InChI=1S/C13H18O/c1-9-4-6-13-5-2-3-11(13)12(14)7-10(9)8-13/h4,10-11H,2-3,5-8H2,1H3. The summed E-state index contributed by atoms with van der Waals surface area (Å²) in [5.74, 6) is 1.61. The van der Waals surface area contributed by atoms with E-state index >= 15 is 0 Å². The number of hydrogen-bond donors (Lipinski definition) is 0. The Bertz CT molecular complexity index is 315. The molecule has 0 aliphatic heterocycles. The molecule has 0 aromatic carbocycles. The molecule has 0 saturated heterocycles. The minimum absolute atomic E-state index is 0.416. The van der Waals surface area contributed by atoms with E-state index in [1.54, 1.807) is 0 Å². The van der Waals surface area contributed by atoms with Crippen LogP contribution >= 0.6 is 0 Å². The number of rotatable bonds is 0. The summed E-state index contributed by atoms with van der Waals surface area (Å²) in [6, 6.07) is 0. The maximum atomic E-state index is 12.0. The molecule has 1 heteroatoms. The van der Waals surface area contributed by atoms with E-state index in [0.717, 1.165) is 6.42 Å². The number of hydrogen-bond acceptors (Lipinski definition) is 1. The smallest absolute Gasteiger partial charge is 0.137 e. The van der Waals surface area contributed by atoms with Gasteiger partial charge >= 0.3 is 0 Å². The Hall–Kier alpha value is -0.590. The Balaban J connectivity index is 2.02. The van der Waals surface area contributed by atoms with Crippen molar-refractivity contribution < 1.29 is 4.79 Å². The topological polar surface area (TPSA) is 17.1 Å². The third-order valence-electron chi connectivity index (χ3n) is 4.87. The van der Waals surface area contributed by atoms with Crippen LogP contribution in [0.3, 0.4) is 0 Å². The van der Waals surface area contributed by atoms with Gasteiger partial charge in [-0.2, -0.15) is 0 Å². The van der Waals surface area contributed by atoms with Gasteiger partial charge in [0.2, 0.25) is 0 Å². The van der Waals surface area contributed by atoms with Crippen molar-refractivity contribution in [1.29, 1.82) is 0 Å². The van der Waals surface area contributed by atoms with E-state index in [1.165, 1.54) is 37.7 Å². The van der Waals surface area contributed by atoms with Crippen molar-refractivity contribution in [1.82, 2.24) is 0 Å². The number of fused-ring (bicyclic) bond motifs is 1. The van der Waals surface area contributed by atoms with Gasteiger partial charge in [-0.25, -0.2) is 0 Å². The van der Waals surface area contributed by atoms with Crippen molar-refractivity contribution in [2.75, 3.05) is 0 Å². The maximum Gasteiger partial charge on any atom is 0.137 e. The molecule has 3 rings (SSSR count). The van der Waals surface area contributed by atoms with Gasteiger partial charge < -0.3 is 0 Å². The minimum atomic E-state index is 0.416. The van der Waals surface area contributed by atoms with Crippen LogP contribution in [0, 0.1) is 17.3 Å². The van der Waals surface area contributed by atoms with Crippen LogP contribution < -0.4 is 0 Å². The largest absolute Gasteiger partial charge is 0.299 e. The van der Waals surface area contributed by atoms with Gasteiger partial charge in [-0.05, 0) is 43.9 Å². The quantitative estimate of drug-likeness (QED) is 0.536. The van der Waals surface area contributed by atoms with Gasteiger partial charge in [0.1, 0.15) is 5.78 Å². The second-order valence-electron chi connectivity index (χ2n) is 5.53. The van der Waals surface area contributed by atoms with Crippen molar-refractivity contribution in [3.8, 4) is 0 Å². The van der Waals surface area contributed by atoms with E-state index in [1.807, 2.05) is 0 Å². The van der Waals surface area contributed by atoms with E-state index in [2.05, 4.69) is 13.0 Å². The SMILES string of the molecule is CC1=CCC23CCCC2C(=O)CC1C3. The van der Waals surface area contributed by atoms with E-state index in [-0.39, 0.29) is 0 Å². The summed E-state index contributed by atoms with van der Waals surface area (Å²) in [6.45, 7) is 2.21. The second kappa shape index (κ2) is 2.71. The van der Waals surface area contributed by atoms with E-state index in [0.29, 0.717) is 23.0 Å². The van der Waals surface area contributed by atoms with Gasteiger partial charge in [0.05, 0.1) is 0 Å². The summed E-state index contributed by atoms with van der Waals surface area (Å²) in [6.07, 6.45) is 9.53. The Kier molecular flexibility index (Phi) is 1.68.